The van der Waals surface area contributed by atoms with Gasteiger partial charge in [-0.25, -0.2) is 0 Å². The van der Waals surface area contributed by atoms with Crippen LogP contribution < -0.4 is 0 Å². The van der Waals surface area contributed by atoms with Gasteiger partial charge in [0.25, 0.3) is 0 Å². The number of halogens is 3. The zero-order valence-electron chi connectivity index (χ0n) is 15.0. The monoisotopic (exact) mass is 414 g/mol. The molecular weight excluding hydrogens is 387 g/mol. The molecule has 0 radical (unpaired) electrons. The molecule has 0 heterocycles. The maximum Gasteiger partial charge on any atom is 0.341 e. The summed E-state index contributed by atoms with van der Waals surface area (Å²) in [5.41, 5.74) is 1.47. The average molecular weight is 416 g/mol. The summed E-state index contributed by atoms with van der Waals surface area (Å²) >= 11 is 17.7. The predicted molar refractivity (Wildman–Crippen MR) is 117 cm³/mol. The Balaban J connectivity index is 1.46. The molecule has 138 valence electrons. The average Bonchev–Trinajstić information content (AvgIpc) is 2.58. The van der Waals surface area contributed by atoms with Crippen LogP contribution in [0.5, 0.6) is 0 Å². The highest BCUT2D eigenvalue weighted by molar-refractivity contribution is 7.64. The number of benzene rings is 2. The van der Waals surface area contributed by atoms with Gasteiger partial charge in [-0.05, 0) is 35.2 Å². The van der Waals surface area contributed by atoms with Crippen molar-refractivity contribution in [2.24, 2.45) is 0 Å². The van der Waals surface area contributed by atoms with Crippen molar-refractivity contribution in [1.82, 2.24) is 0 Å². The van der Waals surface area contributed by atoms with Gasteiger partial charge in [0.05, 0.1) is 0 Å². The highest BCUT2D eigenvalue weighted by Gasteiger charge is 2.23. The largest absolute Gasteiger partial charge is 0.341 e. The minimum atomic E-state index is -2.37. The normalized spacial score (nSPS) is 12.0. The number of unbranched alkanes of at least 4 members (excludes halogenated alkanes) is 8. The summed E-state index contributed by atoms with van der Waals surface area (Å²) in [6, 6.07) is 13.9. The van der Waals surface area contributed by atoms with Crippen molar-refractivity contribution in [3.05, 3.63) is 48.0 Å². The molecule has 0 amide bonds. The molecule has 0 aliphatic heterocycles. The molecule has 0 unspecified atom stereocenters. The maximum atomic E-state index is 5.89. The number of hydrogen-bond acceptors (Lipinski definition) is 0. The second-order valence-electron chi connectivity index (χ2n) is 6.98. The van der Waals surface area contributed by atoms with Gasteiger partial charge in [-0.1, -0.05) is 93.8 Å². The lowest BCUT2D eigenvalue weighted by Gasteiger charge is -2.07. The van der Waals surface area contributed by atoms with Crippen LogP contribution in [0.1, 0.15) is 63.4 Å². The van der Waals surface area contributed by atoms with Crippen LogP contribution in [0.3, 0.4) is 0 Å². The number of fused-ring (bicyclic) bond motifs is 1. The molecule has 0 atom stereocenters. The summed E-state index contributed by atoms with van der Waals surface area (Å²) in [5.74, 6) is 0. The molecule has 0 nitrogen and oxygen atoms in total. The third kappa shape index (κ3) is 9.33. The van der Waals surface area contributed by atoms with Gasteiger partial charge >= 0.3 is 6.00 Å². The molecule has 4 heteroatoms. The first-order valence-corrected chi connectivity index (χ1v) is 14.8. The number of rotatable bonds is 12. The van der Waals surface area contributed by atoms with Crippen LogP contribution in [0.25, 0.3) is 10.8 Å². The topological polar surface area (TPSA) is 0 Å². The van der Waals surface area contributed by atoms with E-state index < -0.39 is 6.00 Å². The number of hydrogen-bond donors (Lipinski definition) is 0. The number of aryl methyl sites for hydroxylation is 1. The molecule has 0 aromatic heterocycles. The summed E-state index contributed by atoms with van der Waals surface area (Å²) in [7, 11) is 0. The molecule has 2 aromatic carbocycles. The summed E-state index contributed by atoms with van der Waals surface area (Å²) < 4.78 is 0. The van der Waals surface area contributed by atoms with Gasteiger partial charge in [0.15, 0.2) is 0 Å². The van der Waals surface area contributed by atoms with Gasteiger partial charge in [0.1, 0.15) is 0 Å². The van der Waals surface area contributed by atoms with E-state index in [4.69, 9.17) is 33.2 Å². The molecule has 0 saturated carbocycles. The zero-order valence-corrected chi connectivity index (χ0v) is 18.2. The van der Waals surface area contributed by atoms with Crippen molar-refractivity contribution in [3.63, 3.8) is 0 Å². The van der Waals surface area contributed by atoms with Crippen LogP contribution >= 0.6 is 33.2 Å². The van der Waals surface area contributed by atoms with Gasteiger partial charge < -0.3 is 0 Å². The standard InChI is InChI=1S/C21H29Cl3Si/c22-25(23,24)17-11-7-5-3-1-2-4-6-8-12-19-15-16-20-13-9-10-14-21(20)18-19/h9-10,13-16,18H,1-8,11-12,17H2. The minimum absolute atomic E-state index is 0.812. The molecule has 25 heavy (non-hydrogen) atoms. The van der Waals surface area contributed by atoms with E-state index in [-0.39, 0.29) is 0 Å². The molecule has 0 N–H and O–H groups in total. The van der Waals surface area contributed by atoms with Crippen LogP contribution in [0.4, 0.5) is 0 Å². The lowest BCUT2D eigenvalue weighted by molar-refractivity contribution is 0.564. The fraction of sp³-hybridized carbons (Fsp3) is 0.524. The summed E-state index contributed by atoms with van der Waals surface area (Å²) in [6.07, 6.45) is 12.8. The van der Waals surface area contributed by atoms with Crippen LogP contribution in [0.15, 0.2) is 42.5 Å². The van der Waals surface area contributed by atoms with Crippen molar-refractivity contribution < 1.29 is 0 Å². The van der Waals surface area contributed by atoms with E-state index in [0.29, 0.717) is 0 Å². The van der Waals surface area contributed by atoms with Gasteiger partial charge in [-0.2, -0.15) is 0 Å². The summed E-state index contributed by atoms with van der Waals surface area (Å²) in [4.78, 5) is 0. The third-order valence-electron chi connectivity index (χ3n) is 4.74. The Bertz CT molecular complexity index is 622. The van der Waals surface area contributed by atoms with E-state index >= 15 is 0 Å². The zero-order chi connectivity index (χ0) is 18.0. The lowest BCUT2D eigenvalue weighted by atomic mass is 10.0. The molecule has 0 spiro atoms. The second kappa shape index (κ2) is 11.5. The first-order valence-electron chi connectivity index (χ1n) is 9.59. The Labute approximate surface area is 168 Å². The van der Waals surface area contributed by atoms with Crippen molar-refractivity contribution in [2.45, 2.75) is 70.3 Å². The Morgan fingerprint density at radius 2 is 1.16 bits per heavy atom. The van der Waals surface area contributed by atoms with Crippen molar-refractivity contribution in [2.75, 3.05) is 0 Å². The predicted octanol–water partition coefficient (Wildman–Crippen LogP) is 8.55. The van der Waals surface area contributed by atoms with E-state index in [2.05, 4.69) is 42.5 Å². The van der Waals surface area contributed by atoms with Crippen LogP contribution in [-0.4, -0.2) is 6.00 Å². The summed E-state index contributed by atoms with van der Waals surface area (Å²) in [5, 5.41) is 2.69. The highest BCUT2D eigenvalue weighted by Crippen LogP contribution is 2.27. The SMILES string of the molecule is Cl[Si](Cl)(Cl)CCCCCCCCCCCc1ccc2ccccc2c1. The smallest absolute Gasteiger partial charge is 0.126 e. The minimum Gasteiger partial charge on any atom is -0.126 e. The highest BCUT2D eigenvalue weighted by atomic mass is 35.8. The van der Waals surface area contributed by atoms with Crippen molar-refractivity contribution >= 4 is 50.0 Å². The lowest BCUT2D eigenvalue weighted by Crippen LogP contribution is -2.07. The molecule has 0 saturated heterocycles. The fourth-order valence-electron chi connectivity index (χ4n) is 3.29. The molecule has 0 bridgehead atoms. The van der Waals surface area contributed by atoms with E-state index in [9.17, 15) is 0 Å². The molecule has 0 aliphatic rings. The quantitative estimate of drug-likeness (QED) is 0.185. The van der Waals surface area contributed by atoms with Crippen molar-refractivity contribution in [1.29, 1.82) is 0 Å². The Morgan fingerprint density at radius 1 is 0.600 bits per heavy atom. The van der Waals surface area contributed by atoms with Gasteiger partial charge in [0.2, 0.25) is 0 Å². The van der Waals surface area contributed by atoms with Crippen molar-refractivity contribution in [3.8, 4) is 0 Å². The molecule has 2 rings (SSSR count). The first kappa shape index (κ1) is 21.1. The van der Waals surface area contributed by atoms with Crippen LogP contribution in [-0.2, 0) is 6.42 Å². The maximum absolute atomic E-state index is 5.89. The second-order valence-corrected chi connectivity index (χ2v) is 16.3. The van der Waals surface area contributed by atoms with E-state index in [1.54, 1.807) is 0 Å². The Kier molecular flexibility index (Phi) is 9.69. The molecule has 0 fully saturated rings. The van der Waals surface area contributed by atoms with E-state index in [0.717, 1.165) is 12.5 Å². The van der Waals surface area contributed by atoms with Crippen LogP contribution in [0, 0.1) is 0 Å². The van der Waals surface area contributed by atoms with Gasteiger partial charge in [-0.3, -0.25) is 0 Å². The van der Waals surface area contributed by atoms with E-state index in [1.807, 2.05) is 0 Å². The van der Waals surface area contributed by atoms with E-state index in [1.165, 1.54) is 74.1 Å². The molecule has 0 aliphatic carbocycles. The Morgan fingerprint density at radius 3 is 1.80 bits per heavy atom. The van der Waals surface area contributed by atoms with Gasteiger partial charge in [-0.15, -0.1) is 33.2 Å². The van der Waals surface area contributed by atoms with Gasteiger partial charge in [0, 0.05) is 0 Å². The van der Waals surface area contributed by atoms with Crippen LogP contribution in [0.2, 0.25) is 6.04 Å². The molecular formula is C21H29Cl3Si. The third-order valence-corrected chi connectivity index (χ3v) is 7.36. The molecule has 2 aromatic rings. The summed E-state index contributed by atoms with van der Waals surface area (Å²) in [6.45, 7) is 0. The Hall–Kier alpha value is -0.213. The fourth-order valence-corrected chi connectivity index (χ4v) is 5.14. The first-order chi connectivity index (χ1) is 12.0.